The van der Waals surface area contributed by atoms with Crippen LogP contribution in [0.4, 0.5) is 11.5 Å². The Morgan fingerprint density at radius 3 is 2.59 bits per heavy atom. The summed E-state index contributed by atoms with van der Waals surface area (Å²) in [6, 6.07) is 13.1. The lowest BCUT2D eigenvalue weighted by Gasteiger charge is -2.21. The van der Waals surface area contributed by atoms with E-state index in [9.17, 15) is 14.3 Å². The molecule has 0 fully saturated rings. The Kier molecular flexibility index (Phi) is 7.73. The van der Waals surface area contributed by atoms with Gasteiger partial charge in [-0.2, -0.15) is 0 Å². The van der Waals surface area contributed by atoms with E-state index in [1.54, 1.807) is 26.1 Å². The zero-order chi connectivity index (χ0) is 19.7. The van der Waals surface area contributed by atoms with Crippen molar-refractivity contribution in [1.82, 2.24) is 10.3 Å². The molecule has 2 atom stereocenters. The van der Waals surface area contributed by atoms with Gasteiger partial charge >= 0.3 is 7.60 Å². The van der Waals surface area contributed by atoms with Crippen LogP contribution in [0.15, 0.2) is 54.7 Å². The lowest BCUT2D eigenvalue weighted by atomic mass is 10.2. The summed E-state index contributed by atoms with van der Waals surface area (Å²) in [6.07, 6.45) is 4.96. The number of pyridine rings is 1. The summed E-state index contributed by atoms with van der Waals surface area (Å²) in [5, 5.41) is 5.69. The van der Waals surface area contributed by atoms with Crippen LogP contribution < -0.4 is 10.6 Å². The number of hydrogen-bond acceptors (Lipinski definition) is 5. The Morgan fingerprint density at radius 1 is 1.26 bits per heavy atom. The third kappa shape index (κ3) is 6.64. The van der Waals surface area contributed by atoms with Gasteiger partial charge < -0.3 is 20.1 Å². The van der Waals surface area contributed by atoms with Crippen molar-refractivity contribution in [2.75, 3.05) is 11.9 Å². The van der Waals surface area contributed by atoms with Crippen LogP contribution >= 0.6 is 7.60 Å². The summed E-state index contributed by atoms with van der Waals surface area (Å²) in [5.41, 5.74) is 1.70. The molecule has 0 spiro atoms. The number of anilines is 2. The van der Waals surface area contributed by atoms with E-state index in [2.05, 4.69) is 15.6 Å². The van der Waals surface area contributed by atoms with E-state index in [0.29, 0.717) is 6.42 Å². The molecule has 2 rings (SSSR count). The second-order valence-electron chi connectivity index (χ2n) is 5.71. The first-order valence-corrected chi connectivity index (χ1v) is 10.3. The summed E-state index contributed by atoms with van der Waals surface area (Å²) >= 11 is 0. The van der Waals surface area contributed by atoms with Gasteiger partial charge in [-0.05, 0) is 49.2 Å². The number of hydrogen-bond donors (Lipinski definition) is 3. The largest absolute Gasteiger partial charge is 0.350 e. The number of carbonyl (C=O) groups excluding carboxylic acids is 1. The van der Waals surface area contributed by atoms with Crippen molar-refractivity contribution in [3.8, 4) is 0 Å². The van der Waals surface area contributed by atoms with Gasteiger partial charge in [-0.3, -0.25) is 9.36 Å². The lowest BCUT2D eigenvalue weighted by molar-refractivity contribution is -0.116. The topological polar surface area (TPSA) is 101 Å². The normalized spacial score (nSPS) is 14.5. The van der Waals surface area contributed by atoms with Gasteiger partial charge in [-0.25, -0.2) is 4.98 Å². The Morgan fingerprint density at radius 2 is 2.00 bits per heavy atom. The highest BCUT2D eigenvalue weighted by molar-refractivity contribution is 7.53. The molecule has 144 valence electrons. The van der Waals surface area contributed by atoms with Crippen molar-refractivity contribution >= 4 is 31.1 Å². The van der Waals surface area contributed by atoms with Crippen molar-refractivity contribution in [3.05, 3.63) is 60.3 Å². The zero-order valence-corrected chi connectivity index (χ0v) is 16.2. The van der Waals surface area contributed by atoms with Gasteiger partial charge in [-0.1, -0.05) is 25.1 Å². The van der Waals surface area contributed by atoms with Crippen LogP contribution in [0.1, 0.15) is 25.8 Å². The second-order valence-corrected chi connectivity index (χ2v) is 7.72. The maximum Gasteiger partial charge on any atom is 0.350 e. The number of rotatable bonds is 9. The molecule has 2 unspecified atom stereocenters. The smallest absolute Gasteiger partial charge is 0.340 e. The molecule has 0 saturated heterocycles. The molecule has 0 aliphatic rings. The molecule has 0 aliphatic heterocycles. The Balaban J connectivity index is 1.94. The van der Waals surface area contributed by atoms with E-state index < -0.39 is 19.3 Å². The molecule has 0 bridgehead atoms. The number of nitrogens with one attached hydrogen (secondary N) is 2. The maximum absolute atomic E-state index is 12.0. The van der Waals surface area contributed by atoms with Crippen molar-refractivity contribution in [2.24, 2.45) is 0 Å². The van der Waals surface area contributed by atoms with Crippen LogP contribution in [-0.4, -0.2) is 28.2 Å². The summed E-state index contributed by atoms with van der Waals surface area (Å²) in [7, 11) is -3.87. The summed E-state index contributed by atoms with van der Waals surface area (Å²) in [6.45, 7) is 3.45. The minimum Gasteiger partial charge on any atom is -0.340 e. The Bertz CT molecular complexity index is 809. The van der Waals surface area contributed by atoms with Crippen molar-refractivity contribution < 1.29 is 18.8 Å². The van der Waals surface area contributed by atoms with E-state index in [-0.39, 0.29) is 6.61 Å². The first kappa shape index (κ1) is 20.8. The standard InChI is InChI=1S/C19H24N3O4P/c1-3-19(27(24,25)26-4-2)22-18(23)13-10-15-8-11-16(12-9-15)21-17-7-5-6-14-20-17/h5-14,19H,3-4H2,1-2H3,(H,20,21)(H,22,23)(H,24,25)/b13-10+. The number of nitrogens with zero attached hydrogens (tertiary/aromatic N) is 1. The molecule has 1 amide bonds. The molecule has 0 saturated carbocycles. The average molecular weight is 389 g/mol. The summed E-state index contributed by atoms with van der Waals surface area (Å²) < 4.78 is 16.9. The molecule has 1 heterocycles. The second kappa shape index (κ2) is 10.0. The van der Waals surface area contributed by atoms with Crippen molar-refractivity contribution in [3.63, 3.8) is 0 Å². The fourth-order valence-electron chi connectivity index (χ4n) is 2.34. The number of benzene rings is 1. The third-order valence-electron chi connectivity index (χ3n) is 3.68. The predicted octanol–water partition coefficient (Wildman–Crippen LogP) is 3.91. The summed E-state index contributed by atoms with van der Waals surface area (Å²) in [5.74, 6) is -0.639. The van der Waals surface area contributed by atoms with Gasteiger partial charge in [0.25, 0.3) is 0 Å². The highest BCUT2D eigenvalue weighted by Crippen LogP contribution is 2.47. The molecular formula is C19H24N3O4P. The maximum atomic E-state index is 12.0. The lowest BCUT2D eigenvalue weighted by Crippen LogP contribution is -2.33. The van der Waals surface area contributed by atoms with Crippen LogP contribution in [0.2, 0.25) is 0 Å². The van der Waals surface area contributed by atoms with E-state index in [1.807, 2.05) is 42.5 Å². The monoisotopic (exact) mass is 389 g/mol. The highest BCUT2D eigenvalue weighted by Gasteiger charge is 2.31. The number of carbonyl (C=O) groups is 1. The quantitative estimate of drug-likeness (QED) is 0.444. The Labute approximate surface area is 159 Å². The molecule has 3 N–H and O–H groups in total. The van der Waals surface area contributed by atoms with E-state index in [1.165, 1.54) is 6.08 Å². The molecule has 1 aromatic heterocycles. The molecule has 27 heavy (non-hydrogen) atoms. The van der Waals surface area contributed by atoms with E-state index >= 15 is 0 Å². The van der Waals surface area contributed by atoms with Gasteiger partial charge in [0.1, 0.15) is 11.6 Å². The van der Waals surface area contributed by atoms with Crippen LogP contribution in [-0.2, 0) is 13.9 Å². The van der Waals surface area contributed by atoms with Gasteiger partial charge in [0.05, 0.1) is 6.61 Å². The highest BCUT2D eigenvalue weighted by atomic mass is 31.2. The van der Waals surface area contributed by atoms with E-state index in [4.69, 9.17) is 4.52 Å². The SMILES string of the molecule is CCOP(=O)(O)C(CC)NC(=O)/C=C/c1ccc(Nc2ccccn2)cc1. The van der Waals surface area contributed by atoms with Gasteiger partial charge in [-0.15, -0.1) is 0 Å². The van der Waals surface area contributed by atoms with E-state index in [0.717, 1.165) is 17.1 Å². The average Bonchev–Trinajstić information content (AvgIpc) is 2.66. The van der Waals surface area contributed by atoms with Gasteiger partial charge in [0, 0.05) is 18.0 Å². The summed E-state index contributed by atoms with van der Waals surface area (Å²) in [4.78, 5) is 26.1. The van der Waals surface area contributed by atoms with Gasteiger partial charge in [0.2, 0.25) is 5.91 Å². The van der Waals surface area contributed by atoms with Crippen LogP contribution in [0.3, 0.4) is 0 Å². The first-order chi connectivity index (χ1) is 12.9. The number of aromatic nitrogens is 1. The first-order valence-electron chi connectivity index (χ1n) is 8.68. The van der Waals surface area contributed by atoms with Gasteiger partial charge in [0.15, 0.2) is 0 Å². The van der Waals surface area contributed by atoms with Crippen molar-refractivity contribution in [1.29, 1.82) is 0 Å². The predicted molar refractivity (Wildman–Crippen MR) is 107 cm³/mol. The fourth-order valence-corrected chi connectivity index (χ4v) is 3.64. The Hall–Kier alpha value is -2.47. The molecule has 8 heteroatoms. The molecule has 0 aliphatic carbocycles. The number of amides is 1. The molecule has 2 aromatic rings. The fraction of sp³-hybridized carbons (Fsp3) is 0.263. The van der Waals surface area contributed by atoms with Crippen LogP contribution in [0, 0.1) is 0 Å². The zero-order valence-electron chi connectivity index (χ0n) is 15.3. The third-order valence-corrected chi connectivity index (χ3v) is 5.59. The molecule has 1 aromatic carbocycles. The molecule has 7 nitrogen and oxygen atoms in total. The van der Waals surface area contributed by atoms with Crippen molar-refractivity contribution in [2.45, 2.75) is 26.1 Å². The van der Waals surface area contributed by atoms with Crippen LogP contribution in [0.5, 0.6) is 0 Å². The molecule has 0 radical (unpaired) electrons. The minimum atomic E-state index is -3.87. The van der Waals surface area contributed by atoms with Crippen LogP contribution in [0.25, 0.3) is 6.08 Å². The molecular weight excluding hydrogens is 365 g/mol. The minimum absolute atomic E-state index is 0.106.